The summed E-state index contributed by atoms with van der Waals surface area (Å²) in [6, 6.07) is 8.37. The van der Waals surface area contributed by atoms with E-state index < -0.39 is 17.5 Å². The standard InChI is InChI=1S/C16H20N4O3/c1-16(12-7-3-2-4-8-12)14(22)20(15(23)17-16)18-13(21)11-19-9-5-6-10-19/h2-4,7-8H,5-6,9-11H2,1H3,(H,17,23)(H,18,21)/t16-/m1/s1. The minimum Gasteiger partial charge on any atom is -0.318 e. The SMILES string of the molecule is C[C@]1(c2ccccc2)NC(=O)N(NC(=O)CN2CCCC2)C1=O. The summed E-state index contributed by atoms with van der Waals surface area (Å²) >= 11 is 0. The third kappa shape index (κ3) is 2.92. The maximum Gasteiger partial charge on any atom is 0.344 e. The highest BCUT2D eigenvalue weighted by Gasteiger charge is 2.49. The molecule has 2 aliphatic rings. The lowest BCUT2D eigenvalue weighted by Gasteiger charge is -2.22. The monoisotopic (exact) mass is 316 g/mol. The molecule has 0 saturated carbocycles. The van der Waals surface area contributed by atoms with E-state index in [1.54, 1.807) is 31.2 Å². The Bertz CT molecular complexity index is 627. The normalized spacial score (nSPS) is 24.8. The number of nitrogens with zero attached hydrogens (tertiary/aromatic N) is 2. The average Bonchev–Trinajstić information content (AvgIpc) is 3.11. The van der Waals surface area contributed by atoms with Crippen molar-refractivity contribution in [3.05, 3.63) is 35.9 Å². The Morgan fingerprint density at radius 2 is 1.87 bits per heavy atom. The second-order valence-electron chi connectivity index (χ2n) is 6.08. The zero-order valence-corrected chi connectivity index (χ0v) is 13.0. The van der Waals surface area contributed by atoms with E-state index in [0.717, 1.165) is 30.9 Å². The number of likely N-dealkylation sites (tertiary alicyclic amines) is 1. The smallest absolute Gasteiger partial charge is 0.318 e. The zero-order chi connectivity index (χ0) is 16.4. The topological polar surface area (TPSA) is 81.8 Å². The lowest BCUT2D eigenvalue weighted by atomic mass is 9.92. The average molecular weight is 316 g/mol. The molecule has 0 spiro atoms. The van der Waals surface area contributed by atoms with Gasteiger partial charge in [0.25, 0.3) is 11.8 Å². The molecule has 3 rings (SSSR count). The molecular weight excluding hydrogens is 296 g/mol. The van der Waals surface area contributed by atoms with Gasteiger partial charge in [0.15, 0.2) is 0 Å². The lowest BCUT2D eigenvalue weighted by Crippen LogP contribution is -2.50. The van der Waals surface area contributed by atoms with Crippen molar-refractivity contribution in [1.29, 1.82) is 0 Å². The number of carbonyl (C=O) groups excluding carboxylic acids is 3. The molecule has 7 heteroatoms. The van der Waals surface area contributed by atoms with Gasteiger partial charge in [-0.15, -0.1) is 0 Å². The van der Waals surface area contributed by atoms with Crippen molar-refractivity contribution in [2.24, 2.45) is 0 Å². The van der Waals surface area contributed by atoms with Gasteiger partial charge in [-0.1, -0.05) is 30.3 Å². The molecule has 4 amide bonds. The molecule has 1 atom stereocenters. The van der Waals surface area contributed by atoms with Crippen LogP contribution in [0, 0.1) is 0 Å². The molecule has 7 nitrogen and oxygen atoms in total. The first kappa shape index (κ1) is 15.5. The summed E-state index contributed by atoms with van der Waals surface area (Å²) in [5.74, 6) is -0.837. The van der Waals surface area contributed by atoms with Gasteiger partial charge in [-0.25, -0.2) is 4.79 Å². The number of carbonyl (C=O) groups is 3. The summed E-state index contributed by atoms with van der Waals surface area (Å²) in [6.45, 7) is 3.57. The van der Waals surface area contributed by atoms with E-state index in [1.165, 1.54) is 0 Å². The molecule has 0 aromatic heterocycles. The van der Waals surface area contributed by atoms with Gasteiger partial charge in [-0.05, 0) is 38.4 Å². The summed E-state index contributed by atoms with van der Waals surface area (Å²) in [6.07, 6.45) is 2.14. The van der Waals surface area contributed by atoms with Gasteiger partial charge in [0.1, 0.15) is 5.54 Å². The zero-order valence-electron chi connectivity index (χ0n) is 13.0. The van der Waals surface area contributed by atoms with Crippen molar-refractivity contribution >= 4 is 17.8 Å². The minimum atomic E-state index is -1.17. The molecule has 2 aliphatic heterocycles. The van der Waals surface area contributed by atoms with Gasteiger partial charge in [0, 0.05) is 0 Å². The highest BCUT2D eigenvalue weighted by atomic mass is 16.2. The van der Waals surface area contributed by atoms with Crippen LogP contribution in [0.5, 0.6) is 0 Å². The highest BCUT2D eigenvalue weighted by molar-refractivity contribution is 6.08. The van der Waals surface area contributed by atoms with Crippen LogP contribution in [0.15, 0.2) is 30.3 Å². The van der Waals surface area contributed by atoms with Gasteiger partial charge in [0.05, 0.1) is 6.54 Å². The molecule has 2 fully saturated rings. The summed E-state index contributed by atoms with van der Waals surface area (Å²) < 4.78 is 0. The molecule has 0 bridgehead atoms. The molecule has 0 unspecified atom stereocenters. The fourth-order valence-electron chi connectivity index (χ4n) is 3.01. The van der Waals surface area contributed by atoms with Crippen molar-refractivity contribution in [3.8, 4) is 0 Å². The van der Waals surface area contributed by atoms with E-state index in [1.807, 2.05) is 11.0 Å². The number of hydrogen-bond donors (Lipinski definition) is 2. The summed E-state index contributed by atoms with van der Waals surface area (Å²) in [4.78, 5) is 38.8. The Labute approximate surface area is 134 Å². The Balaban J connectivity index is 1.70. The Kier molecular flexibility index (Phi) is 4.04. The van der Waals surface area contributed by atoms with Crippen LogP contribution in [0.25, 0.3) is 0 Å². The van der Waals surface area contributed by atoms with Crippen LogP contribution < -0.4 is 10.7 Å². The number of imide groups is 1. The third-order valence-electron chi connectivity index (χ3n) is 4.34. The number of benzene rings is 1. The predicted octanol–water partition coefficient (Wildman–Crippen LogP) is 0.581. The molecule has 0 aliphatic carbocycles. The van der Waals surface area contributed by atoms with Crippen LogP contribution in [0.4, 0.5) is 4.79 Å². The summed E-state index contributed by atoms with van der Waals surface area (Å²) in [7, 11) is 0. The van der Waals surface area contributed by atoms with Gasteiger partial charge in [0.2, 0.25) is 0 Å². The number of hydrazine groups is 1. The minimum absolute atomic E-state index is 0.194. The van der Waals surface area contributed by atoms with Crippen LogP contribution >= 0.6 is 0 Å². The molecule has 1 aromatic carbocycles. The van der Waals surface area contributed by atoms with Gasteiger partial charge in [-0.3, -0.25) is 19.9 Å². The number of hydrogen-bond acceptors (Lipinski definition) is 4. The predicted molar refractivity (Wildman–Crippen MR) is 83.0 cm³/mol. The summed E-state index contributed by atoms with van der Waals surface area (Å²) in [5.41, 5.74) is 1.93. The van der Waals surface area contributed by atoms with Crippen LogP contribution in [0.1, 0.15) is 25.3 Å². The Hall–Kier alpha value is -2.41. The van der Waals surface area contributed by atoms with E-state index in [2.05, 4.69) is 10.7 Å². The maximum absolute atomic E-state index is 12.6. The van der Waals surface area contributed by atoms with Crippen LogP contribution in [0.2, 0.25) is 0 Å². The first-order valence-electron chi connectivity index (χ1n) is 7.75. The van der Waals surface area contributed by atoms with Gasteiger partial charge >= 0.3 is 6.03 Å². The van der Waals surface area contributed by atoms with E-state index in [-0.39, 0.29) is 12.5 Å². The third-order valence-corrected chi connectivity index (χ3v) is 4.34. The van der Waals surface area contributed by atoms with Crippen molar-refractivity contribution in [2.75, 3.05) is 19.6 Å². The molecule has 1 aromatic rings. The van der Waals surface area contributed by atoms with Crippen molar-refractivity contribution < 1.29 is 14.4 Å². The van der Waals surface area contributed by atoms with Gasteiger partial charge < -0.3 is 5.32 Å². The van der Waals surface area contributed by atoms with E-state index in [0.29, 0.717) is 5.56 Å². The molecule has 0 radical (unpaired) electrons. The maximum atomic E-state index is 12.6. The van der Waals surface area contributed by atoms with Crippen LogP contribution in [-0.2, 0) is 15.1 Å². The van der Waals surface area contributed by atoms with Gasteiger partial charge in [-0.2, -0.15) is 5.01 Å². The summed E-state index contributed by atoms with van der Waals surface area (Å²) in [5, 5.41) is 3.44. The van der Waals surface area contributed by atoms with Crippen LogP contribution in [0.3, 0.4) is 0 Å². The van der Waals surface area contributed by atoms with Crippen molar-refractivity contribution in [2.45, 2.75) is 25.3 Å². The molecule has 2 heterocycles. The highest BCUT2D eigenvalue weighted by Crippen LogP contribution is 2.27. The molecule has 2 saturated heterocycles. The number of rotatable bonds is 4. The number of nitrogens with one attached hydrogen (secondary N) is 2. The first-order valence-corrected chi connectivity index (χ1v) is 7.75. The molecule has 23 heavy (non-hydrogen) atoms. The van der Waals surface area contributed by atoms with E-state index >= 15 is 0 Å². The van der Waals surface area contributed by atoms with E-state index in [4.69, 9.17) is 0 Å². The number of amides is 4. The second-order valence-corrected chi connectivity index (χ2v) is 6.08. The largest absolute Gasteiger partial charge is 0.344 e. The Morgan fingerprint density at radius 3 is 2.52 bits per heavy atom. The quantitative estimate of drug-likeness (QED) is 0.796. The molecular formula is C16H20N4O3. The second kappa shape index (κ2) is 6.00. The lowest BCUT2D eigenvalue weighted by molar-refractivity contribution is -0.139. The fraction of sp³-hybridized carbons (Fsp3) is 0.438. The first-order chi connectivity index (χ1) is 11.0. The van der Waals surface area contributed by atoms with E-state index in [9.17, 15) is 14.4 Å². The number of urea groups is 1. The van der Waals surface area contributed by atoms with Crippen molar-refractivity contribution in [1.82, 2.24) is 20.7 Å². The Morgan fingerprint density at radius 1 is 1.22 bits per heavy atom. The molecule has 122 valence electrons. The van der Waals surface area contributed by atoms with Crippen molar-refractivity contribution in [3.63, 3.8) is 0 Å². The van der Waals surface area contributed by atoms with Crippen LogP contribution in [-0.4, -0.2) is 47.4 Å². The fourth-order valence-corrected chi connectivity index (χ4v) is 3.01. The molecule has 2 N–H and O–H groups in total.